The van der Waals surface area contributed by atoms with Crippen LogP contribution >= 0.6 is 0 Å². The number of hydrogen-bond acceptors (Lipinski definition) is 3. The van der Waals surface area contributed by atoms with Crippen LogP contribution in [0.3, 0.4) is 0 Å². The molecule has 15 aromatic carbocycles. The van der Waals surface area contributed by atoms with E-state index in [-0.39, 0.29) is 5.41 Å². The van der Waals surface area contributed by atoms with E-state index in [9.17, 15) is 0 Å². The molecule has 0 bridgehead atoms. The van der Waals surface area contributed by atoms with E-state index in [0.29, 0.717) is 0 Å². The van der Waals surface area contributed by atoms with E-state index in [1.165, 1.54) is 98.7 Å². The van der Waals surface area contributed by atoms with Gasteiger partial charge < -0.3 is 0 Å². The van der Waals surface area contributed by atoms with E-state index in [4.69, 9.17) is 9.97 Å². The van der Waals surface area contributed by atoms with E-state index in [2.05, 4.69) is 343 Å². The number of aromatic nitrogens is 5. The molecule has 0 radical (unpaired) electrons. The van der Waals surface area contributed by atoms with Crippen LogP contribution in [0.5, 0.6) is 0 Å². The SMILES string of the molecule is CC1(C)c2ccccc2-c2ccc(-c3c4ccccc4c(-c4ccc(-n5c(-c6cccc(-c7ccc8nc(-c9ccccc9)n(-c9ccc(-c%10c%11ccccc%11c(-c%11ccc(-c%12ccccn%12)cc%11)c%11ccccc%10%11)cc9)c8c7)c6)nc6ccccc65)cc4)c4ccccc34)cc21. The Morgan fingerprint density at radius 2 is 0.670 bits per heavy atom. The molecule has 0 aliphatic heterocycles. The van der Waals surface area contributed by atoms with Crippen molar-refractivity contribution < 1.29 is 0 Å². The predicted molar refractivity (Wildman–Crippen MR) is 405 cm³/mol. The van der Waals surface area contributed by atoms with E-state index >= 15 is 0 Å². The fraction of sp³-hybridized carbons (Fsp3) is 0.0326. The van der Waals surface area contributed by atoms with E-state index in [1.807, 2.05) is 18.3 Å². The molecule has 0 spiro atoms. The maximum atomic E-state index is 5.42. The summed E-state index contributed by atoms with van der Waals surface area (Å²) in [6, 6.07) is 119. The highest BCUT2D eigenvalue weighted by Gasteiger charge is 2.36. The van der Waals surface area contributed by atoms with Crippen molar-refractivity contribution in [3.63, 3.8) is 0 Å². The van der Waals surface area contributed by atoms with Gasteiger partial charge in [0.05, 0.1) is 27.8 Å². The lowest BCUT2D eigenvalue weighted by molar-refractivity contribution is 0.660. The molecule has 0 amide bonds. The Morgan fingerprint density at radius 1 is 0.258 bits per heavy atom. The number of pyridine rings is 1. The normalized spacial score (nSPS) is 12.5. The van der Waals surface area contributed by atoms with Crippen LogP contribution < -0.4 is 0 Å². The van der Waals surface area contributed by atoms with Crippen LogP contribution in [0.25, 0.3) is 177 Å². The van der Waals surface area contributed by atoms with Gasteiger partial charge >= 0.3 is 0 Å². The first kappa shape index (κ1) is 56.0. The second kappa shape index (κ2) is 22.3. The van der Waals surface area contributed by atoms with Crippen LogP contribution in [0.15, 0.2) is 334 Å². The lowest BCUT2D eigenvalue weighted by Crippen LogP contribution is -2.14. The zero-order valence-corrected chi connectivity index (χ0v) is 53.5. The van der Waals surface area contributed by atoms with Gasteiger partial charge in [0, 0.05) is 39.7 Å². The summed E-state index contributed by atoms with van der Waals surface area (Å²) in [5, 5.41) is 9.79. The molecule has 5 heteroatoms. The molecule has 0 atom stereocenters. The zero-order valence-electron chi connectivity index (χ0n) is 53.5. The minimum atomic E-state index is -0.106. The predicted octanol–water partition coefficient (Wildman–Crippen LogP) is 24.0. The van der Waals surface area contributed by atoms with Crippen LogP contribution in [-0.4, -0.2) is 24.1 Å². The number of benzene rings is 15. The average Bonchev–Trinajstić information content (AvgIpc) is 1.47. The number of fused-ring (bicyclic) bond motifs is 9. The number of hydrogen-bond donors (Lipinski definition) is 0. The average molecular weight is 1240 g/mol. The molecule has 1 aliphatic rings. The summed E-state index contributed by atoms with van der Waals surface area (Å²) in [5.74, 6) is 1.76. The van der Waals surface area contributed by atoms with Crippen molar-refractivity contribution >= 4 is 65.2 Å². The lowest BCUT2D eigenvalue weighted by Gasteiger charge is -2.23. The topological polar surface area (TPSA) is 48.5 Å². The first-order valence-electron chi connectivity index (χ1n) is 33.4. The van der Waals surface area contributed by atoms with Gasteiger partial charge in [0.25, 0.3) is 0 Å². The van der Waals surface area contributed by atoms with E-state index < -0.39 is 0 Å². The van der Waals surface area contributed by atoms with Gasteiger partial charge in [-0.05, 0) is 194 Å². The maximum Gasteiger partial charge on any atom is 0.145 e. The summed E-state index contributed by atoms with van der Waals surface area (Å²) in [6.45, 7) is 4.73. The van der Waals surface area contributed by atoms with Crippen molar-refractivity contribution in [2.45, 2.75) is 19.3 Å². The Kier molecular flexibility index (Phi) is 12.9. The van der Waals surface area contributed by atoms with Crippen LogP contribution in [0, 0.1) is 0 Å². The Hall–Kier alpha value is -12.6. The molecule has 19 rings (SSSR count). The van der Waals surface area contributed by atoms with Crippen LogP contribution in [0.4, 0.5) is 0 Å². The molecule has 454 valence electrons. The molecular formula is C92H61N5. The molecule has 0 saturated carbocycles. The Labute approximate surface area is 562 Å². The second-order valence-corrected chi connectivity index (χ2v) is 26.2. The first-order chi connectivity index (χ1) is 47.9. The highest BCUT2D eigenvalue weighted by Crippen LogP contribution is 2.52. The molecule has 0 unspecified atom stereocenters. The zero-order chi connectivity index (χ0) is 64.3. The molecule has 0 N–H and O–H groups in total. The Morgan fingerprint density at radius 3 is 1.25 bits per heavy atom. The minimum absolute atomic E-state index is 0.106. The summed E-state index contributed by atoms with van der Waals surface area (Å²) >= 11 is 0. The van der Waals surface area contributed by atoms with Crippen molar-refractivity contribution in [2.75, 3.05) is 0 Å². The third-order valence-corrected chi connectivity index (χ3v) is 20.4. The van der Waals surface area contributed by atoms with Gasteiger partial charge in [-0.1, -0.05) is 269 Å². The first-order valence-corrected chi connectivity index (χ1v) is 33.4. The molecular weight excluding hydrogens is 1180 g/mol. The van der Waals surface area contributed by atoms with E-state index in [0.717, 1.165) is 89.7 Å². The summed E-state index contributed by atoms with van der Waals surface area (Å²) < 4.78 is 4.65. The molecule has 0 fully saturated rings. The van der Waals surface area contributed by atoms with Crippen LogP contribution in [0.1, 0.15) is 25.0 Å². The third-order valence-electron chi connectivity index (χ3n) is 20.4. The third kappa shape index (κ3) is 9.04. The van der Waals surface area contributed by atoms with Gasteiger partial charge in [-0.3, -0.25) is 14.1 Å². The standard InChI is InChI=1S/C92H61N5/c1-92(2)79-34-15-14-25-69(79)70-52-46-65(56-80(70)92)89-77-32-12-10-30-75(77)88(76-31-11-13-33-78(76)89)60-42-48-67(49-43-60)96-84-37-17-16-36-82(84)94-91(96)66-24-20-23-63(55-66)64-47-53-83-85(57-64)97(90(95-83)62-21-4-3-5-22-62)68-50-44-61(45-51-68)87-73-28-8-6-26-71(73)86(72-27-7-9-29-74(72)87)59-40-38-58(39-41-59)81-35-18-19-54-93-81/h3-57H,1-2H3. The number of imidazole rings is 2. The molecule has 5 nitrogen and oxygen atoms in total. The summed E-state index contributed by atoms with van der Waals surface area (Å²) in [6.07, 6.45) is 1.85. The van der Waals surface area contributed by atoms with Crippen molar-refractivity contribution in [3.8, 4) is 112 Å². The fourth-order valence-corrected chi connectivity index (χ4v) is 15.9. The minimum Gasteiger partial charge on any atom is -0.292 e. The number of para-hydroxylation sites is 2. The second-order valence-electron chi connectivity index (χ2n) is 26.2. The molecule has 3 aromatic heterocycles. The van der Waals surface area contributed by atoms with Gasteiger partial charge in [-0.2, -0.15) is 0 Å². The molecule has 0 saturated heterocycles. The van der Waals surface area contributed by atoms with Crippen molar-refractivity contribution in [1.82, 2.24) is 24.1 Å². The van der Waals surface area contributed by atoms with Crippen LogP contribution in [0.2, 0.25) is 0 Å². The summed E-state index contributed by atoms with van der Waals surface area (Å²) in [5.41, 5.74) is 27.3. The summed E-state index contributed by atoms with van der Waals surface area (Å²) in [4.78, 5) is 15.4. The monoisotopic (exact) mass is 1240 g/mol. The fourth-order valence-electron chi connectivity index (χ4n) is 15.9. The Bertz CT molecular complexity index is 6060. The van der Waals surface area contributed by atoms with Gasteiger partial charge in [-0.25, -0.2) is 9.97 Å². The van der Waals surface area contributed by atoms with Crippen molar-refractivity contribution in [1.29, 1.82) is 0 Å². The van der Waals surface area contributed by atoms with Crippen molar-refractivity contribution in [2.24, 2.45) is 0 Å². The van der Waals surface area contributed by atoms with Crippen molar-refractivity contribution in [3.05, 3.63) is 345 Å². The quantitative estimate of drug-likeness (QED) is 0.128. The van der Waals surface area contributed by atoms with Crippen LogP contribution in [-0.2, 0) is 5.41 Å². The highest BCUT2D eigenvalue weighted by atomic mass is 15.1. The van der Waals surface area contributed by atoms with Gasteiger partial charge in [0.15, 0.2) is 0 Å². The molecule has 3 heterocycles. The molecule has 97 heavy (non-hydrogen) atoms. The van der Waals surface area contributed by atoms with Gasteiger partial charge in [-0.15, -0.1) is 0 Å². The summed E-state index contributed by atoms with van der Waals surface area (Å²) in [7, 11) is 0. The highest BCUT2D eigenvalue weighted by molar-refractivity contribution is 6.23. The smallest absolute Gasteiger partial charge is 0.145 e. The largest absolute Gasteiger partial charge is 0.292 e. The molecule has 1 aliphatic carbocycles. The molecule has 18 aromatic rings. The maximum absolute atomic E-state index is 5.42. The Balaban J connectivity index is 0.686. The lowest BCUT2D eigenvalue weighted by atomic mass is 9.80. The van der Waals surface area contributed by atoms with Gasteiger partial charge in [0.2, 0.25) is 0 Å². The van der Waals surface area contributed by atoms with E-state index in [1.54, 1.807) is 0 Å². The number of rotatable bonds is 10. The van der Waals surface area contributed by atoms with Gasteiger partial charge in [0.1, 0.15) is 11.6 Å². The number of nitrogens with zero attached hydrogens (tertiary/aromatic N) is 5.